The standard InChI is InChI=1S/C25H28N4O3/c1-15-4-7-22(28-11-15)19-8-20(10-21(9-19)32-24-14-26-13-23(24)30)25(31)29-17(3)18-6-5-16(2)27-12-18/h4-12,17,23-24,26,30H,13-14H2,1-3H3,(H,29,31)/t17-,23?,24?/m1/s1. The molecule has 1 saturated heterocycles. The van der Waals surface area contributed by atoms with Crippen LogP contribution in [0.4, 0.5) is 0 Å². The maximum Gasteiger partial charge on any atom is 0.251 e. The molecule has 2 aromatic heterocycles. The lowest BCUT2D eigenvalue weighted by Gasteiger charge is -2.19. The van der Waals surface area contributed by atoms with Crippen molar-refractivity contribution < 1.29 is 14.6 Å². The van der Waals surface area contributed by atoms with Crippen LogP contribution >= 0.6 is 0 Å². The highest BCUT2D eigenvalue weighted by atomic mass is 16.5. The number of hydrogen-bond acceptors (Lipinski definition) is 6. The van der Waals surface area contributed by atoms with Gasteiger partial charge in [-0.2, -0.15) is 0 Å². The smallest absolute Gasteiger partial charge is 0.251 e. The first-order valence-corrected chi connectivity index (χ1v) is 10.8. The number of carbonyl (C=O) groups excluding carboxylic acids is 1. The number of carbonyl (C=O) groups is 1. The van der Waals surface area contributed by atoms with Crippen molar-refractivity contribution in [2.75, 3.05) is 13.1 Å². The predicted molar refractivity (Wildman–Crippen MR) is 123 cm³/mol. The van der Waals surface area contributed by atoms with Gasteiger partial charge in [-0.05, 0) is 62.2 Å². The second-order valence-corrected chi connectivity index (χ2v) is 8.28. The van der Waals surface area contributed by atoms with Gasteiger partial charge in [0.25, 0.3) is 5.91 Å². The summed E-state index contributed by atoms with van der Waals surface area (Å²) < 4.78 is 6.04. The van der Waals surface area contributed by atoms with Gasteiger partial charge in [-0.15, -0.1) is 0 Å². The number of aliphatic hydroxyl groups is 1. The monoisotopic (exact) mass is 432 g/mol. The van der Waals surface area contributed by atoms with Gasteiger partial charge in [0, 0.05) is 42.3 Å². The number of pyridine rings is 2. The fraction of sp³-hybridized carbons (Fsp3) is 0.320. The maximum absolute atomic E-state index is 13.1. The minimum Gasteiger partial charge on any atom is -0.486 e. The lowest BCUT2D eigenvalue weighted by atomic mass is 10.0. The van der Waals surface area contributed by atoms with E-state index in [2.05, 4.69) is 20.6 Å². The average Bonchev–Trinajstić information content (AvgIpc) is 3.18. The minimum absolute atomic E-state index is 0.207. The third kappa shape index (κ3) is 5.12. The SMILES string of the molecule is Cc1ccc(-c2cc(OC3CNCC3O)cc(C(=O)N[C@H](C)c3ccc(C)nc3)c2)nc1. The number of aliphatic hydroxyl groups excluding tert-OH is 1. The Morgan fingerprint density at radius 1 is 1.12 bits per heavy atom. The number of nitrogens with zero attached hydrogens (tertiary/aromatic N) is 2. The first kappa shape index (κ1) is 21.9. The lowest BCUT2D eigenvalue weighted by molar-refractivity contribution is 0.0736. The fourth-order valence-corrected chi connectivity index (χ4v) is 3.62. The molecular formula is C25H28N4O3. The molecule has 3 N–H and O–H groups in total. The average molecular weight is 433 g/mol. The van der Waals surface area contributed by atoms with Crippen molar-refractivity contribution in [2.24, 2.45) is 0 Å². The Morgan fingerprint density at radius 3 is 2.62 bits per heavy atom. The second kappa shape index (κ2) is 9.46. The van der Waals surface area contributed by atoms with Crippen LogP contribution in [0.25, 0.3) is 11.3 Å². The summed E-state index contributed by atoms with van der Waals surface area (Å²) in [4.78, 5) is 21.9. The molecule has 4 rings (SSSR count). The van der Waals surface area contributed by atoms with Gasteiger partial charge in [-0.1, -0.05) is 12.1 Å². The number of hydrogen-bond donors (Lipinski definition) is 3. The van der Waals surface area contributed by atoms with E-state index in [1.54, 1.807) is 18.5 Å². The first-order chi connectivity index (χ1) is 15.4. The molecule has 7 heteroatoms. The molecule has 7 nitrogen and oxygen atoms in total. The molecule has 0 aliphatic carbocycles. The summed E-state index contributed by atoms with van der Waals surface area (Å²) in [6, 6.07) is 12.9. The van der Waals surface area contributed by atoms with Gasteiger partial charge >= 0.3 is 0 Å². The normalized spacial score (nSPS) is 18.9. The van der Waals surface area contributed by atoms with Crippen molar-refractivity contribution in [3.05, 3.63) is 77.2 Å². The number of aromatic nitrogens is 2. The number of nitrogens with one attached hydrogen (secondary N) is 2. The van der Waals surface area contributed by atoms with E-state index in [1.165, 1.54) is 0 Å². The van der Waals surface area contributed by atoms with Crippen LogP contribution in [0, 0.1) is 13.8 Å². The molecule has 1 aromatic carbocycles. The van der Waals surface area contributed by atoms with Crippen molar-refractivity contribution in [2.45, 2.75) is 39.0 Å². The number of β-amino-alcohol motifs (C(OH)–C–C–N with tert-alkyl or cyclic N) is 1. The predicted octanol–water partition coefficient (Wildman–Crippen LogP) is 2.96. The van der Waals surface area contributed by atoms with E-state index in [-0.39, 0.29) is 18.1 Å². The highest BCUT2D eigenvalue weighted by Crippen LogP contribution is 2.27. The van der Waals surface area contributed by atoms with E-state index in [4.69, 9.17) is 4.74 Å². The molecule has 1 aliphatic rings. The van der Waals surface area contributed by atoms with Crippen molar-refractivity contribution >= 4 is 5.91 Å². The summed E-state index contributed by atoms with van der Waals surface area (Å²) in [6.07, 6.45) is 2.60. The number of rotatable bonds is 6. The maximum atomic E-state index is 13.1. The summed E-state index contributed by atoms with van der Waals surface area (Å²) >= 11 is 0. The van der Waals surface area contributed by atoms with E-state index in [1.807, 2.05) is 57.2 Å². The van der Waals surface area contributed by atoms with E-state index in [9.17, 15) is 9.90 Å². The summed E-state index contributed by atoms with van der Waals surface area (Å²) in [5.74, 6) is 0.300. The number of aryl methyl sites for hydroxylation is 2. The Balaban J connectivity index is 1.62. The van der Waals surface area contributed by atoms with E-state index in [0.29, 0.717) is 24.4 Å². The topological polar surface area (TPSA) is 96.4 Å². The summed E-state index contributed by atoms with van der Waals surface area (Å²) in [7, 11) is 0. The number of benzene rings is 1. The molecule has 3 aromatic rings. The van der Waals surface area contributed by atoms with E-state index >= 15 is 0 Å². The molecule has 1 fully saturated rings. The Morgan fingerprint density at radius 2 is 1.97 bits per heavy atom. The van der Waals surface area contributed by atoms with Gasteiger partial charge in [-0.3, -0.25) is 14.8 Å². The lowest BCUT2D eigenvalue weighted by Crippen LogP contribution is -2.30. The van der Waals surface area contributed by atoms with Gasteiger partial charge in [-0.25, -0.2) is 0 Å². The fourth-order valence-electron chi connectivity index (χ4n) is 3.62. The molecular weight excluding hydrogens is 404 g/mol. The third-order valence-corrected chi connectivity index (χ3v) is 5.57. The molecule has 0 saturated carbocycles. The first-order valence-electron chi connectivity index (χ1n) is 10.8. The zero-order valence-corrected chi connectivity index (χ0v) is 18.5. The van der Waals surface area contributed by atoms with E-state index < -0.39 is 6.10 Å². The van der Waals surface area contributed by atoms with Crippen molar-refractivity contribution in [3.8, 4) is 17.0 Å². The summed E-state index contributed by atoms with van der Waals surface area (Å²) in [6.45, 7) is 6.86. The van der Waals surface area contributed by atoms with Crippen molar-refractivity contribution in [1.82, 2.24) is 20.6 Å². The zero-order chi connectivity index (χ0) is 22.7. The van der Waals surface area contributed by atoms with Crippen LogP contribution < -0.4 is 15.4 Å². The van der Waals surface area contributed by atoms with Crippen LogP contribution in [0.3, 0.4) is 0 Å². The molecule has 32 heavy (non-hydrogen) atoms. The van der Waals surface area contributed by atoms with Gasteiger partial charge in [0.15, 0.2) is 0 Å². The second-order valence-electron chi connectivity index (χ2n) is 8.28. The van der Waals surface area contributed by atoms with Crippen LogP contribution in [0.5, 0.6) is 5.75 Å². The van der Waals surface area contributed by atoms with Crippen molar-refractivity contribution in [1.29, 1.82) is 0 Å². The Labute approximate surface area is 187 Å². The largest absolute Gasteiger partial charge is 0.486 e. The zero-order valence-electron chi connectivity index (χ0n) is 18.5. The number of amides is 1. The minimum atomic E-state index is -0.595. The molecule has 0 spiro atoms. The molecule has 1 amide bonds. The third-order valence-electron chi connectivity index (χ3n) is 5.57. The van der Waals surface area contributed by atoms with Crippen LogP contribution in [-0.2, 0) is 0 Å². The molecule has 1 aliphatic heterocycles. The number of ether oxygens (including phenoxy) is 1. The van der Waals surface area contributed by atoms with Crippen molar-refractivity contribution in [3.63, 3.8) is 0 Å². The quantitative estimate of drug-likeness (QED) is 0.554. The summed E-state index contributed by atoms with van der Waals surface area (Å²) in [5.41, 5.74) is 4.90. The molecule has 3 atom stereocenters. The van der Waals surface area contributed by atoms with Crippen LogP contribution in [0.1, 0.15) is 40.1 Å². The Hall–Kier alpha value is -3.29. The highest BCUT2D eigenvalue weighted by Gasteiger charge is 2.27. The van der Waals surface area contributed by atoms with Crippen LogP contribution in [0.2, 0.25) is 0 Å². The van der Waals surface area contributed by atoms with Gasteiger partial charge in [0.05, 0.1) is 11.7 Å². The molecule has 166 valence electrons. The molecule has 0 radical (unpaired) electrons. The van der Waals surface area contributed by atoms with Crippen LogP contribution in [0.15, 0.2) is 54.9 Å². The summed E-state index contributed by atoms with van der Waals surface area (Å²) in [5, 5.41) is 16.3. The van der Waals surface area contributed by atoms with Gasteiger partial charge in [0.2, 0.25) is 0 Å². The highest BCUT2D eigenvalue weighted by molar-refractivity contribution is 5.96. The molecule has 3 heterocycles. The Bertz CT molecular complexity index is 1080. The molecule has 0 bridgehead atoms. The molecule has 2 unspecified atom stereocenters. The van der Waals surface area contributed by atoms with E-state index in [0.717, 1.165) is 28.1 Å². The van der Waals surface area contributed by atoms with Crippen LogP contribution in [-0.4, -0.2) is 46.3 Å². The van der Waals surface area contributed by atoms with Gasteiger partial charge in [0.1, 0.15) is 18.0 Å². The van der Waals surface area contributed by atoms with Gasteiger partial charge < -0.3 is 20.5 Å². The Kier molecular flexibility index (Phi) is 6.48.